The number of carboxylic acids is 1. The van der Waals surface area contributed by atoms with Gasteiger partial charge < -0.3 is 10.4 Å². The monoisotopic (exact) mass is 252 g/mol. The number of rotatable bonds is 4. The highest BCUT2D eigenvalue weighted by atomic mass is 16.4. The zero-order chi connectivity index (χ0) is 12.9. The molecule has 1 aliphatic heterocycles. The van der Waals surface area contributed by atoms with E-state index in [2.05, 4.69) is 10.6 Å². The molecule has 98 valence electrons. The van der Waals surface area contributed by atoms with Gasteiger partial charge in [-0.2, -0.15) is 0 Å². The summed E-state index contributed by atoms with van der Waals surface area (Å²) in [6, 6.07) is -0.490. The van der Waals surface area contributed by atoms with Gasteiger partial charge in [0.25, 0.3) is 5.91 Å². The molecular weight excluding hydrogens is 236 g/mol. The second-order valence-corrected chi connectivity index (χ2v) is 5.67. The molecule has 0 spiro atoms. The Balaban J connectivity index is 1.82. The van der Waals surface area contributed by atoms with Crippen LogP contribution in [0, 0.1) is 17.8 Å². The maximum absolute atomic E-state index is 12.0. The van der Waals surface area contributed by atoms with Crippen molar-refractivity contribution in [1.29, 1.82) is 0 Å². The van der Waals surface area contributed by atoms with E-state index in [1.807, 2.05) is 0 Å². The van der Waals surface area contributed by atoms with Crippen LogP contribution in [0.1, 0.15) is 32.1 Å². The third-order valence-corrected chi connectivity index (χ3v) is 4.54. The van der Waals surface area contributed by atoms with Crippen LogP contribution in [0.15, 0.2) is 0 Å². The molecule has 0 bridgehead atoms. The molecule has 3 N–H and O–H groups in total. The molecule has 18 heavy (non-hydrogen) atoms. The van der Waals surface area contributed by atoms with Gasteiger partial charge in [0.1, 0.15) is 5.54 Å². The molecule has 1 heterocycles. The molecule has 6 nitrogen and oxygen atoms in total. The van der Waals surface area contributed by atoms with Crippen LogP contribution in [0.25, 0.3) is 0 Å². The zero-order valence-electron chi connectivity index (χ0n) is 9.94. The Bertz CT molecular complexity index is 432. The van der Waals surface area contributed by atoms with Crippen molar-refractivity contribution in [2.24, 2.45) is 17.8 Å². The van der Waals surface area contributed by atoms with E-state index in [-0.39, 0.29) is 11.8 Å². The van der Waals surface area contributed by atoms with E-state index in [0.29, 0.717) is 18.8 Å². The van der Waals surface area contributed by atoms with Crippen LogP contribution in [-0.2, 0) is 9.59 Å². The lowest BCUT2D eigenvalue weighted by Gasteiger charge is -2.35. The molecule has 0 aromatic rings. The Morgan fingerprint density at radius 2 is 2.11 bits per heavy atom. The van der Waals surface area contributed by atoms with Crippen molar-refractivity contribution in [3.63, 3.8) is 0 Å². The number of hydrogen-bond acceptors (Lipinski definition) is 3. The molecule has 2 saturated carbocycles. The molecule has 3 rings (SSSR count). The van der Waals surface area contributed by atoms with Crippen molar-refractivity contribution in [2.75, 3.05) is 0 Å². The van der Waals surface area contributed by atoms with E-state index in [1.165, 1.54) is 0 Å². The number of urea groups is 1. The number of carbonyl (C=O) groups is 3. The summed E-state index contributed by atoms with van der Waals surface area (Å²) in [5.41, 5.74) is -0.967. The van der Waals surface area contributed by atoms with Crippen molar-refractivity contribution in [2.45, 2.75) is 37.6 Å². The molecule has 6 heteroatoms. The Hall–Kier alpha value is -1.59. The first-order valence-electron chi connectivity index (χ1n) is 6.39. The second-order valence-electron chi connectivity index (χ2n) is 5.67. The summed E-state index contributed by atoms with van der Waals surface area (Å²) in [5.74, 6) is -1.52. The lowest BCUT2D eigenvalue weighted by Crippen LogP contribution is -2.51. The summed E-state index contributed by atoms with van der Waals surface area (Å²) in [7, 11) is 0. The minimum Gasteiger partial charge on any atom is -0.481 e. The molecule has 1 unspecified atom stereocenters. The normalized spacial score (nSPS) is 38.9. The summed E-state index contributed by atoms with van der Waals surface area (Å²) in [5, 5.41) is 14.0. The molecule has 3 amide bonds. The van der Waals surface area contributed by atoms with Crippen LogP contribution in [0.5, 0.6) is 0 Å². The van der Waals surface area contributed by atoms with Crippen molar-refractivity contribution in [3.05, 3.63) is 0 Å². The molecular formula is C12H16N2O4. The Morgan fingerprint density at radius 1 is 1.39 bits per heavy atom. The number of nitrogens with one attached hydrogen (secondary N) is 2. The zero-order valence-corrected chi connectivity index (χ0v) is 9.94. The van der Waals surface area contributed by atoms with Gasteiger partial charge in [-0.3, -0.25) is 14.9 Å². The molecule has 1 saturated heterocycles. The average molecular weight is 252 g/mol. The fraction of sp³-hybridized carbons (Fsp3) is 0.750. The molecule has 0 radical (unpaired) electrons. The van der Waals surface area contributed by atoms with E-state index in [0.717, 1.165) is 19.3 Å². The maximum atomic E-state index is 12.0. The van der Waals surface area contributed by atoms with Gasteiger partial charge in [0.15, 0.2) is 0 Å². The van der Waals surface area contributed by atoms with Crippen LogP contribution in [0.4, 0.5) is 4.79 Å². The quantitative estimate of drug-likeness (QED) is 0.634. The van der Waals surface area contributed by atoms with Crippen molar-refractivity contribution < 1.29 is 19.5 Å². The molecule has 2 aliphatic carbocycles. The summed E-state index contributed by atoms with van der Waals surface area (Å²) in [6.45, 7) is 0. The van der Waals surface area contributed by atoms with Gasteiger partial charge in [0, 0.05) is 5.92 Å². The minimum absolute atomic E-state index is 0.248. The van der Waals surface area contributed by atoms with E-state index < -0.39 is 23.5 Å². The summed E-state index contributed by atoms with van der Waals surface area (Å²) in [4.78, 5) is 34.4. The van der Waals surface area contributed by atoms with Gasteiger partial charge in [-0.05, 0) is 18.8 Å². The molecule has 3 fully saturated rings. The highest BCUT2D eigenvalue weighted by molar-refractivity contribution is 6.07. The first kappa shape index (κ1) is 11.5. The Labute approximate surface area is 104 Å². The molecule has 3 atom stereocenters. The van der Waals surface area contributed by atoms with Crippen LogP contribution < -0.4 is 10.6 Å². The summed E-state index contributed by atoms with van der Waals surface area (Å²) in [6.07, 6.45) is 4.35. The van der Waals surface area contributed by atoms with Crippen LogP contribution in [-0.4, -0.2) is 28.6 Å². The molecule has 0 aromatic heterocycles. The number of carbonyl (C=O) groups excluding carboxylic acids is 2. The average Bonchev–Trinajstić information content (AvgIpc) is 2.96. The smallest absolute Gasteiger partial charge is 0.322 e. The van der Waals surface area contributed by atoms with Crippen LogP contribution >= 0.6 is 0 Å². The number of imide groups is 1. The van der Waals surface area contributed by atoms with Gasteiger partial charge in [-0.15, -0.1) is 0 Å². The summed E-state index contributed by atoms with van der Waals surface area (Å²) >= 11 is 0. The predicted octanol–water partition coefficient (Wildman–Crippen LogP) is 0.476. The molecule has 0 aromatic carbocycles. The van der Waals surface area contributed by atoms with Crippen LogP contribution in [0.3, 0.4) is 0 Å². The number of aliphatic carboxylic acids is 1. The van der Waals surface area contributed by atoms with E-state index in [1.54, 1.807) is 0 Å². The minimum atomic E-state index is -0.967. The fourth-order valence-electron chi connectivity index (χ4n) is 3.23. The third kappa shape index (κ3) is 1.59. The van der Waals surface area contributed by atoms with Gasteiger partial charge >= 0.3 is 12.0 Å². The number of carboxylic acid groups (broad SMARTS) is 1. The predicted molar refractivity (Wildman–Crippen MR) is 60.6 cm³/mol. The lowest BCUT2D eigenvalue weighted by molar-refractivity contribution is -0.139. The van der Waals surface area contributed by atoms with Crippen molar-refractivity contribution >= 4 is 17.9 Å². The number of amides is 3. The molecule has 3 aliphatic rings. The van der Waals surface area contributed by atoms with Crippen molar-refractivity contribution in [1.82, 2.24) is 10.6 Å². The maximum Gasteiger partial charge on any atom is 0.322 e. The highest BCUT2D eigenvalue weighted by Gasteiger charge is 2.63. The number of hydrogen-bond donors (Lipinski definition) is 3. The first-order valence-corrected chi connectivity index (χ1v) is 6.39. The van der Waals surface area contributed by atoms with E-state index in [4.69, 9.17) is 5.11 Å². The van der Waals surface area contributed by atoms with Gasteiger partial charge in [-0.1, -0.05) is 19.3 Å². The first-order chi connectivity index (χ1) is 8.53. The Morgan fingerprint density at radius 3 is 2.50 bits per heavy atom. The second kappa shape index (κ2) is 3.70. The fourth-order valence-corrected chi connectivity index (χ4v) is 3.23. The topological polar surface area (TPSA) is 95.5 Å². The van der Waals surface area contributed by atoms with E-state index >= 15 is 0 Å². The van der Waals surface area contributed by atoms with Gasteiger partial charge in [0.2, 0.25) is 0 Å². The van der Waals surface area contributed by atoms with Gasteiger partial charge in [-0.25, -0.2) is 4.79 Å². The standard InChI is InChI=1S/C12H16N2O4/c15-9(16)7-4-8(7)12(5-6-2-1-3-6)10(17)13-11(18)14-12/h6-8H,1-5H2,(H,15,16)(H2,13,14,17,18)/t7-,8-,12?/m0/s1. The van der Waals surface area contributed by atoms with Crippen molar-refractivity contribution in [3.8, 4) is 0 Å². The SMILES string of the molecule is O=C1NC(=O)C(CC2CCC2)([C@H]2C[C@@H]2C(=O)O)N1. The highest BCUT2D eigenvalue weighted by Crippen LogP contribution is 2.51. The lowest BCUT2D eigenvalue weighted by atomic mass is 9.73. The third-order valence-electron chi connectivity index (χ3n) is 4.54. The van der Waals surface area contributed by atoms with Gasteiger partial charge in [0.05, 0.1) is 5.92 Å². The van der Waals surface area contributed by atoms with Crippen LogP contribution in [0.2, 0.25) is 0 Å². The summed E-state index contributed by atoms with van der Waals surface area (Å²) < 4.78 is 0. The largest absolute Gasteiger partial charge is 0.481 e. The Kier molecular flexibility index (Phi) is 2.36. The van der Waals surface area contributed by atoms with E-state index in [9.17, 15) is 14.4 Å².